The van der Waals surface area contributed by atoms with Crippen LogP contribution in [-0.4, -0.2) is 17.7 Å². The van der Waals surface area contributed by atoms with Gasteiger partial charge >= 0.3 is 6.09 Å². The number of pyridine rings is 1. The standard InChI is InChI=1S/C15H16FN3O2/c1-2-21-15(20)19-13-7-8-14(18-10-13)17-9-11-3-5-12(16)6-4-11/h3-8,10H,2,9H2,1H3,(H,17,18)(H,19,20). The Morgan fingerprint density at radius 1 is 1.24 bits per heavy atom. The molecule has 0 bridgehead atoms. The van der Waals surface area contributed by atoms with Crippen molar-refractivity contribution in [2.45, 2.75) is 13.5 Å². The molecule has 2 aromatic rings. The molecule has 0 fully saturated rings. The van der Waals surface area contributed by atoms with E-state index in [4.69, 9.17) is 4.74 Å². The van der Waals surface area contributed by atoms with Gasteiger partial charge in [-0.25, -0.2) is 14.2 Å². The molecule has 0 aliphatic rings. The van der Waals surface area contributed by atoms with Crippen molar-refractivity contribution in [3.05, 3.63) is 54.0 Å². The van der Waals surface area contributed by atoms with Crippen LogP contribution in [0.15, 0.2) is 42.6 Å². The normalized spacial score (nSPS) is 10.0. The summed E-state index contributed by atoms with van der Waals surface area (Å²) in [7, 11) is 0. The Morgan fingerprint density at radius 2 is 2.00 bits per heavy atom. The SMILES string of the molecule is CCOC(=O)Nc1ccc(NCc2ccc(F)cc2)nc1. The number of hydrogen-bond acceptors (Lipinski definition) is 4. The topological polar surface area (TPSA) is 63.2 Å². The van der Waals surface area contributed by atoms with E-state index >= 15 is 0 Å². The van der Waals surface area contributed by atoms with Crippen LogP contribution in [0.25, 0.3) is 0 Å². The van der Waals surface area contributed by atoms with Gasteiger partial charge in [0.2, 0.25) is 0 Å². The molecule has 1 aromatic heterocycles. The third kappa shape index (κ3) is 4.76. The number of benzene rings is 1. The number of ether oxygens (including phenoxy) is 1. The maximum Gasteiger partial charge on any atom is 0.411 e. The van der Waals surface area contributed by atoms with Gasteiger partial charge in [-0.2, -0.15) is 0 Å². The number of aromatic nitrogens is 1. The number of nitrogens with one attached hydrogen (secondary N) is 2. The van der Waals surface area contributed by atoms with E-state index in [2.05, 4.69) is 15.6 Å². The fraction of sp³-hybridized carbons (Fsp3) is 0.200. The molecule has 21 heavy (non-hydrogen) atoms. The first-order chi connectivity index (χ1) is 10.2. The Morgan fingerprint density at radius 3 is 2.62 bits per heavy atom. The highest BCUT2D eigenvalue weighted by atomic mass is 19.1. The van der Waals surface area contributed by atoms with Gasteiger partial charge in [0.25, 0.3) is 0 Å². The van der Waals surface area contributed by atoms with Gasteiger partial charge in [0.05, 0.1) is 18.5 Å². The highest BCUT2D eigenvalue weighted by Gasteiger charge is 2.02. The molecule has 0 aliphatic heterocycles. The molecule has 0 spiro atoms. The highest BCUT2D eigenvalue weighted by molar-refractivity contribution is 5.84. The molecule has 2 rings (SSSR count). The van der Waals surface area contributed by atoms with E-state index in [0.717, 1.165) is 5.56 Å². The summed E-state index contributed by atoms with van der Waals surface area (Å²) in [5, 5.41) is 5.67. The van der Waals surface area contributed by atoms with Gasteiger partial charge in [0.1, 0.15) is 11.6 Å². The zero-order chi connectivity index (χ0) is 15.1. The summed E-state index contributed by atoms with van der Waals surface area (Å²) < 4.78 is 17.5. The lowest BCUT2D eigenvalue weighted by Crippen LogP contribution is -2.13. The van der Waals surface area contributed by atoms with Crippen molar-refractivity contribution in [1.29, 1.82) is 0 Å². The van der Waals surface area contributed by atoms with Crippen LogP contribution in [0, 0.1) is 5.82 Å². The van der Waals surface area contributed by atoms with Crippen LogP contribution in [0.4, 0.5) is 20.7 Å². The van der Waals surface area contributed by atoms with E-state index in [-0.39, 0.29) is 5.82 Å². The van der Waals surface area contributed by atoms with Crippen LogP contribution >= 0.6 is 0 Å². The first-order valence-electron chi connectivity index (χ1n) is 6.55. The molecule has 0 aliphatic carbocycles. The number of hydrogen-bond donors (Lipinski definition) is 2. The molecule has 0 saturated carbocycles. The first kappa shape index (κ1) is 14.8. The molecule has 1 heterocycles. The molecule has 110 valence electrons. The van der Waals surface area contributed by atoms with Crippen LogP contribution in [0.2, 0.25) is 0 Å². The molecule has 0 unspecified atom stereocenters. The Balaban J connectivity index is 1.87. The fourth-order valence-electron chi connectivity index (χ4n) is 1.65. The lowest BCUT2D eigenvalue weighted by molar-refractivity contribution is 0.168. The quantitative estimate of drug-likeness (QED) is 0.885. The Kier molecular flexibility index (Phi) is 5.09. The van der Waals surface area contributed by atoms with Gasteiger partial charge < -0.3 is 10.1 Å². The summed E-state index contributed by atoms with van der Waals surface area (Å²) in [6.07, 6.45) is 1.02. The summed E-state index contributed by atoms with van der Waals surface area (Å²) in [4.78, 5) is 15.4. The number of nitrogens with zero attached hydrogens (tertiary/aromatic N) is 1. The molecule has 0 radical (unpaired) electrons. The van der Waals surface area contributed by atoms with Crippen LogP contribution in [0.3, 0.4) is 0 Å². The smallest absolute Gasteiger partial charge is 0.411 e. The molecule has 0 saturated heterocycles. The summed E-state index contributed by atoms with van der Waals surface area (Å²) in [5.74, 6) is 0.403. The van der Waals surface area contributed by atoms with Gasteiger partial charge in [-0.05, 0) is 36.8 Å². The van der Waals surface area contributed by atoms with Crippen LogP contribution in [0.1, 0.15) is 12.5 Å². The van der Waals surface area contributed by atoms with Crippen molar-refractivity contribution in [3.63, 3.8) is 0 Å². The zero-order valence-electron chi connectivity index (χ0n) is 11.6. The van der Waals surface area contributed by atoms with E-state index < -0.39 is 6.09 Å². The van der Waals surface area contributed by atoms with Crippen LogP contribution in [0.5, 0.6) is 0 Å². The third-order valence-electron chi connectivity index (χ3n) is 2.67. The fourth-order valence-corrected chi connectivity index (χ4v) is 1.65. The molecule has 1 amide bonds. The van der Waals surface area contributed by atoms with Crippen molar-refractivity contribution in [2.24, 2.45) is 0 Å². The predicted molar refractivity (Wildman–Crippen MR) is 78.6 cm³/mol. The number of rotatable bonds is 5. The van der Waals surface area contributed by atoms with E-state index in [0.29, 0.717) is 24.7 Å². The third-order valence-corrected chi connectivity index (χ3v) is 2.67. The summed E-state index contributed by atoms with van der Waals surface area (Å²) in [6.45, 7) is 2.59. The maximum absolute atomic E-state index is 12.8. The van der Waals surface area contributed by atoms with E-state index in [1.54, 1.807) is 31.2 Å². The number of amides is 1. The summed E-state index contributed by atoms with van der Waals surface area (Å²) >= 11 is 0. The predicted octanol–water partition coefficient (Wildman–Crippen LogP) is 3.40. The average Bonchev–Trinajstić information content (AvgIpc) is 2.48. The Labute approximate surface area is 122 Å². The van der Waals surface area contributed by atoms with E-state index in [1.165, 1.54) is 18.3 Å². The lowest BCUT2D eigenvalue weighted by atomic mass is 10.2. The zero-order valence-corrected chi connectivity index (χ0v) is 11.6. The number of anilines is 2. The number of carbonyl (C=O) groups excluding carboxylic acids is 1. The van der Waals surface area contributed by atoms with Crippen LogP contribution < -0.4 is 10.6 Å². The van der Waals surface area contributed by atoms with Crippen molar-refractivity contribution in [2.75, 3.05) is 17.2 Å². The minimum atomic E-state index is -0.508. The number of halogens is 1. The van der Waals surface area contributed by atoms with E-state index in [1.807, 2.05) is 0 Å². The summed E-state index contributed by atoms with van der Waals surface area (Å²) in [6, 6.07) is 9.70. The number of carbonyl (C=O) groups is 1. The molecular formula is C15H16FN3O2. The second-order valence-corrected chi connectivity index (χ2v) is 4.26. The lowest BCUT2D eigenvalue weighted by Gasteiger charge is -2.08. The molecule has 6 heteroatoms. The molecular weight excluding hydrogens is 273 g/mol. The average molecular weight is 289 g/mol. The van der Waals surface area contributed by atoms with Crippen molar-refractivity contribution >= 4 is 17.6 Å². The largest absolute Gasteiger partial charge is 0.450 e. The van der Waals surface area contributed by atoms with Gasteiger partial charge in [-0.15, -0.1) is 0 Å². The monoisotopic (exact) mass is 289 g/mol. The van der Waals surface area contributed by atoms with Crippen LogP contribution in [-0.2, 0) is 11.3 Å². The minimum Gasteiger partial charge on any atom is -0.450 e. The van der Waals surface area contributed by atoms with Gasteiger partial charge in [0, 0.05) is 6.54 Å². The van der Waals surface area contributed by atoms with Gasteiger partial charge in [-0.1, -0.05) is 12.1 Å². The van der Waals surface area contributed by atoms with Crippen molar-refractivity contribution in [1.82, 2.24) is 4.98 Å². The second kappa shape index (κ2) is 7.23. The molecule has 5 nitrogen and oxygen atoms in total. The molecule has 1 aromatic carbocycles. The highest BCUT2D eigenvalue weighted by Crippen LogP contribution is 2.11. The minimum absolute atomic E-state index is 0.258. The first-order valence-corrected chi connectivity index (χ1v) is 6.55. The maximum atomic E-state index is 12.8. The Hall–Kier alpha value is -2.63. The van der Waals surface area contributed by atoms with E-state index in [9.17, 15) is 9.18 Å². The van der Waals surface area contributed by atoms with Gasteiger partial charge in [0.15, 0.2) is 0 Å². The van der Waals surface area contributed by atoms with Gasteiger partial charge in [-0.3, -0.25) is 5.32 Å². The second-order valence-electron chi connectivity index (χ2n) is 4.26. The van der Waals surface area contributed by atoms with Crippen molar-refractivity contribution < 1.29 is 13.9 Å². The molecule has 2 N–H and O–H groups in total. The molecule has 0 atom stereocenters. The van der Waals surface area contributed by atoms with Crippen molar-refractivity contribution in [3.8, 4) is 0 Å². The Bertz CT molecular complexity index is 585. The summed E-state index contributed by atoms with van der Waals surface area (Å²) in [5.41, 5.74) is 1.51.